The van der Waals surface area contributed by atoms with Gasteiger partial charge in [-0.3, -0.25) is 0 Å². The van der Waals surface area contributed by atoms with Crippen LogP contribution in [0.4, 0.5) is 0 Å². The minimum atomic E-state index is -3.35. The fourth-order valence-corrected chi connectivity index (χ4v) is 4.08. The predicted molar refractivity (Wildman–Crippen MR) is 71.7 cm³/mol. The average Bonchev–Trinajstić information content (AvgIpc) is 2.76. The van der Waals surface area contributed by atoms with Gasteiger partial charge in [-0.15, -0.1) is 11.3 Å². The van der Waals surface area contributed by atoms with Crippen molar-refractivity contribution < 1.29 is 8.42 Å². The zero-order valence-electron chi connectivity index (χ0n) is 10.6. The van der Waals surface area contributed by atoms with Crippen LogP contribution in [0, 0.1) is 6.92 Å². The molecule has 2 heterocycles. The maximum Gasteiger partial charge on any atom is 0.282 e. The van der Waals surface area contributed by atoms with E-state index in [0.717, 1.165) is 10.6 Å². The molecule has 1 aliphatic heterocycles. The zero-order valence-corrected chi connectivity index (χ0v) is 12.2. The first-order valence-electron chi connectivity index (χ1n) is 5.83. The smallest absolute Gasteiger partial charge is 0.282 e. The summed E-state index contributed by atoms with van der Waals surface area (Å²) in [6, 6.07) is 0. The highest BCUT2D eigenvalue weighted by atomic mass is 32.2. The fourth-order valence-electron chi connectivity index (χ4n) is 1.83. The fraction of sp³-hybridized carbons (Fsp3) is 0.700. The molecule has 0 amide bonds. The van der Waals surface area contributed by atoms with Gasteiger partial charge in [0.05, 0.1) is 17.7 Å². The second kappa shape index (κ2) is 5.62. The van der Waals surface area contributed by atoms with Crippen LogP contribution in [-0.4, -0.2) is 55.2 Å². The number of rotatable bonds is 4. The molecule has 8 heteroatoms. The van der Waals surface area contributed by atoms with Crippen molar-refractivity contribution in [2.24, 2.45) is 0 Å². The van der Waals surface area contributed by atoms with Crippen LogP contribution in [0.1, 0.15) is 10.6 Å². The Morgan fingerprint density at radius 1 is 1.50 bits per heavy atom. The number of thiazole rings is 1. The van der Waals surface area contributed by atoms with Crippen LogP contribution in [0.15, 0.2) is 5.51 Å². The summed E-state index contributed by atoms with van der Waals surface area (Å²) >= 11 is 1.49. The summed E-state index contributed by atoms with van der Waals surface area (Å²) in [5.41, 5.74) is 2.65. The van der Waals surface area contributed by atoms with Crippen LogP contribution < -0.4 is 5.32 Å². The molecular weight excluding hydrogens is 272 g/mol. The van der Waals surface area contributed by atoms with E-state index in [4.69, 9.17) is 0 Å². The molecule has 1 fully saturated rings. The zero-order chi connectivity index (χ0) is 13.2. The summed E-state index contributed by atoms with van der Waals surface area (Å²) in [6.07, 6.45) is 0. The molecular formula is C10H18N4O2S2. The number of aromatic nitrogens is 1. The molecule has 6 nitrogen and oxygen atoms in total. The summed E-state index contributed by atoms with van der Waals surface area (Å²) in [6.45, 7) is 4.79. The molecule has 1 N–H and O–H groups in total. The van der Waals surface area contributed by atoms with E-state index in [-0.39, 0.29) is 0 Å². The second-order valence-electron chi connectivity index (χ2n) is 4.27. The standard InChI is InChI=1S/C10H18N4O2S2/c1-9-10(17-8-12-9)7-13(2)18(15,16)14-5-3-11-4-6-14/h8,11H,3-7H2,1-2H3. The van der Waals surface area contributed by atoms with Crippen LogP contribution in [0.3, 0.4) is 0 Å². The predicted octanol–water partition coefficient (Wildman–Crippen LogP) is 0.0333. The summed E-state index contributed by atoms with van der Waals surface area (Å²) in [5.74, 6) is 0. The summed E-state index contributed by atoms with van der Waals surface area (Å²) in [5, 5.41) is 3.15. The monoisotopic (exact) mass is 290 g/mol. The maximum absolute atomic E-state index is 12.3. The molecule has 0 aliphatic carbocycles. The van der Waals surface area contributed by atoms with Crippen molar-refractivity contribution in [3.63, 3.8) is 0 Å². The number of hydrogen-bond acceptors (Lipinski definition) is 5. The largest absolute Gasteiger partial charge is 0.314 e. The van der Waals surface area contributed by atoms with Gasteiger partial charge in [0.1, 0.15) is 0 Å². The van der Waals surface area contributed by atoms with Crippen molar-refractivity contribution in [1.82, 2.24) is 18.9 Å². The molecule has 0 spiro atoms. The van der Waals surface area contributed by atoms with E-state index in [1.54, 1.807) is 12.6 Å². The lowest BCUT2D eigenvalue weighted by Gasteiger charge is -2.30. The summed E-state index contributed by atoms with van der Waals surface area (Å²) in [4.78, 5) is 5.13. The van der Waals surface area contributed by atoms with Crippen LogP contribution >= 0.6 is 11.3 Å². The van der Waals surface area contributed by atoms with Gasteiger partial charge in [-0.25, -0.2) is 4.98 Å². The van der Waals surface area contributed by atoms with Crippen molar-refractivity contribution in [3.05, 3.63) is 16.1 Å². The quantitative estimate of drug-likeness (QED) is 0.850. The molecule has 102 valence electrons. The molecule has 0 unspecified atom stereocenters. The third kappa shape index (κ3) is 2.89. The molecule has 0 bridgehead atoms. The number of hydrogen-bond donors (Lipinski definition) is 1. The van der Waals surface area contributed by atoms with Crippen molar-refractivity contribution in [1.29, 1.82) is 0 Å². The maximum atomic E-state index is 12.3. The van der Waals surface area contributed by atoms with Crippen LogP contribution in [0.25, 0.3) is 0 Å². The Labute approximate surface area is 112 Å². The van der Waals surface area contributed by atoms with Crippen molar-refractivity contribution in [3.8, 4) is 0 Å². The number of nitrogens with one attached hydrogen (secondary N) is 1. The SMILES string of the molecule is Cc1ncsc1CN(C)S(=O)(=O)N1CCNCC1. The van der Waals surface area contributed by atoms with E-state index in [1.165, 1.54) is 19.9 Å². The highest BCUT2D eigenvalue weighted by Crippen LogP contribution is 2.17. The van der Waals surface area contributed by atoms with E-state index >= 15 is 0 Å². The van der Waals surface area contributed by atoms with Gasteiger partial charge in [0.15, 0.2) is 0 Å². The van der Waals surface area contributed by atoms with Gasteiger partial charge in [0.25, 0.3) is 10.2 Å². The molecule has 2 rings (SSSR count). The minimum Gasteiger partial charge on any atom is -0.314 e. The molecule has 1 saturated heterocycles. The first kappa shape index (κ1) is 13.9. The molecule has 1 aromatic heterocycles. The highest BCUT2D eigenvalue weighted by Gasteiger charge is 2.28. The number of aryl methyl sites for hydroxylation is 1. The molecule has 0 saturated carbocycles. The Morgan fingerprint density at radius 2 is 2.17 bits per heavy atom. The Kier molecular flexibility index (Phi) is 4.33. The first-order chi connectivity index (χ1) is 8.51. The van der Waals surface area contributed by atoms with Gasteiger partial charge in [0.2, 0.25) is 0 Å². The van der Waals surface area contributed by atoms with Crippen LogP contribution in [0.2, 0.25) is 0 Å². The van der Waals surface area contributed by atoms with Gasteiger partial charge in [0, 0.05) is 38.1 Å². The van der Waals surface area contributed by atoms with Crippen molar-refractivity contribution in [2.75, 3.05) is 33.2 Å². The van der Waals surface area contributed by atoms with Crippen LogP contribution in [0.5, 0.6) is 0 Å². The van der Waals surface area contributed by atoms with Gasteiger partial charge >= 0.3 is 0 Å². The summed E-state index contributed by atoms with van der Waals surface area (Å²) in [7, 11) is -1.73. The third-order valence-corrected chi connectivity index (χ3v) is 5.86. The second-order valence-corrected chi connectivity index (χ2v) is 7.25. The molecule has 1 aliphatic rings. The van der Waals surface area contributed by atoms with Gasteiger partial charge in [-0.05, 0) is 6.92 Å². The van der Waals surface area contributed by atoms with Gasteiger partial charge < -0.3 is 5.32 Å². The van der Waals surface area contributed by atoms with Gasteiger partial charge in [-0.1, -0.05) is 0 Å². The van der Waals surface area contributed by atoms with E-state index in [9.17, 15) is 8.42 Å². The normalized spacial score (nSPS) is 18.4. The van der Waals surface area contributed by atoms with Gasteiger partial charge in [-0.2, -0.15) is 17.0 Å². The topological polar surface area (TPSA) is 65.5 Å². The van der Waals surface area contributed by atoms with E-state index in [2.05, 4.69) is 10.3 Å². The molecule has 0 aromatic carbocycles. The molecule has 0 radical (unpaired) electrons. The van der Waals surface area contributed by atoms with E-state index in [0.29, 0.717) is 32.7 Å². The van der Waals surface area contributed by atoms with Crippen molar-refractivity contribution >= 4 is 21.5 Å². The Morgan fingerprint density at radius 3 is 2.72 bits per heavy atom. The molecule has 0 atom stereocenters. The first-order valence-corrected chi connectivity index (χ1v) is 8.10. The Bertz CT molecular complexity index is 494. The van der Waals surface area contributed by atoms with E-state index in [1.807, 2.05) is 6.92 Å². The lowest BCUT2D eigenvalue weighted by atomic mass is 10.4. The minimum absolute atomic E-state index is 0.392. The summed E-state index contributed by atoms with van der Waals surface area (Å²) < 4.78 is 27.6. The Balaban J connectivity index is 2.07. The van der Waals surface area contributed by atoms with E-state index < -0.39 is 10.2 Å². The Hall–Kier alpha value is -0.540. The number of piperazine rings is 1. The number of nitrogens with zero attached hydrogens (tertiary/aromatic N) is 3. The average molecular weight is 290 g/mol. The molecule has 18 heavy (non-hydrogen) atoms. The molecule has 1 aromatic rings. The lowest BCUT2D eigenvalue weighted by molar-refractivity contribution is 0.325. The van der Waals surface area contributed by atoms with Crippen molar-refractivity contribution in [2.45, 2.75) is 13.5 Å². The van der Waals surface area contributed by atoms with Crippen LogP contribution in [-0.2, 0) is 16.8 Å². The third-order valence-electron chi connectivity index (χ3n) is 3.01. The highest BCUT2D eigenvalue weighted by molar-refractivity contribution is 7.86. The lowest BCUT2D eigenvalue weighted by Crippen LogP contribution is -2.50.